The molecule has 0 saturated heterocycles. The van der Waals surface area contributed by atoms with Crippen molar-refractivity contribution >= 4 is 22.4 Å². The molecular weight excluding hydrogens is 416 g/mol. The van der Waals surface area contributed by atoms with Gasteiger partial charge in [0.2, 0.25) is 0 Å². The maximum absolute atomic E-state index is 12.7. The van der Waals surface area contributed by atoms with E-state index in [1.807, 2.05) is 30.5 Å². The van der Waals surface area contributed by atoms with Crippen LogP contribution < -0.4 is 21.2 Å². The molecule has 2 N–H and O–H groups in total. The Morgan fingerprint density at radius 3 is 2.77 bits per heavy atom. The van der Waals surface area contributed by atoms with Gasteiger partial charge in [-0.1, -0.05) is 17.7 Å². The summed E-state index contributed by atoms with van der Waals surface area (Å²) < 4.78 is 6.50. The number of methoxy groups -OCH3 is 1. The van der Waals surface area contributed by atoms with Crippen molar-refractivity contribution in [2.75, 3.05) is 12.4 Å². The number of anilines is 1. The number of aryl methyl sites for hydroxylation is 1. The Morgan fingerprint density at radius 2 is 1.97 bits per heavy atom. The smallest absolute Gasteiger partial charge is 0.269 e. The van der Waals surface area contributed by atoms with Gasteiger partial charge in [-0.3, -0.25) is 24.8 Å². The Labute approximate surface area is 180 Å². The lowest BCUT2D eigenvalue weighted by Crippen LogP contribution is -2.26. The minimum atomic E-state index is -0.420. The van der Waals surface area contributed by atoms with E-state index in [4.69, 9.17) is 4.74 Å². The molecule has 0 fully saturated rings. The minimum Gasteiger partial charge on any atom is -0.496 e. The van der Waals surface area contributed by atoms with Crippen LogP contribution in [0.4, 0.5) is 5.13 Å². The van der Waals surface area contributed by atoms with E-state index in [1.54, 1.807) is 25.3 Å². The van der Waals surface area contributed by atoms with E-state index in [-0.39, 0.29) is 5.91 Å². The molecule has 0 unspecified atom stereocenters. The van der Waals surface area contributed by atoms with Crippen molar-refractivity contribution in [3.63, 3.8) is 0 Å². The first kappa shape index (κ1) is 20.3. The van der Waals surface area contributed by atoms with E-state index in [1.165, 1.54) is 23.5 Å². The third kappa shape index (κ3) is 4.31. The van der Waals surface area contributed by atoms with Crippen LogP contribution in [0.5, 0.6) is 5.75 Å². The van der Waals surface area contributed by atoms with Crippen molar-refractivity contribution < 1.29 is 9.53 Å². The summed E-state index contributed by atoms with van der Waals surface area (Å²) in [6, 6.07) is 14.5. The zero-order chi connectivity index (χ0) is 22.0. The van der Waals surface area contributed by atoms with Crippen molar-refractivity contribution in [3.05, 3.63) is 91.8 Å². The summed E-state index contributed by atoms with van der Waals surface area (Å²) in [5, 5.41) is 7.49. The number of nitrogens with zero attached hydrogens (tertiary/aromatic N) is 2. The lowest BCUT2D eigenvalue weighted by Gasteiger charge is -2.08. The summed E-state index contributed by atoms with van der Waals surface area (Å²) in [5.74, 6) is 0.314. The summed E-state index contributed by atoms with van der Waals surface area (Å²) >= 11 is 1.30. The van der Waals surface area contributed by atoms with Crippen LogP contribution in [0.1, 0.15) is 15.9 Å². The monoisotopic (exact) mass is 434 g/mol. The molecule has 2 aromatic carbocycles. The number of thiazole rings is 1. The van der Waals surface area contributed by atoms with Crippen LogP contribution in [0, 0.1) is 6.92 Å². The highest BCUT2D eigenvalue weighted by Gasteiger charge is 2.14. The lowest BCUT2D eigenvalue weighted by molar-refractivity contribution is 0.102. The Morgan fingerprint density at radius 1 is 1.13 bits per heavy atom. The molecule has 0 aliphatic rings. The number of hydrogen-bond donors (Lipinski definition) is 2. The summed E-state index contributed by atoms with van der Waals surface area (Å²) in [6.45, 7) is 1.98. The summed E-state index contributed by atoms with van der Waals surface area (Å²) in [6.07, 6.45) is 0. The molecule has 0 saturated carbocycles. The van der Waals surface area contributed by atoms with Crippen LogP contribution in [-0.4, -0.2) is 27.8 Å². The summed E-state index contributed by atoms with van der Waals surface area (Å²) in [4.78, 5) is 40.8. The van der Waals surface area contributed by atoms with E-state index in [0.717, 1.165) is 21.9 Å². The predicted molar refractivity (Wildman–Crippen MR) is 119 cm³/mol. The number of carbonyl (C=O) groups excluding carboxylic acids is 1. The van der Waals surface area contributed by atoms with Crippen LogP contribution in [0.3, 0.4) is 0 Å². The quantitative estimate of drug-likeness (QED) is 0.502. The zero-order valence-electron chi connectivity index (χ0n) is 16.7. The minimum absolute atomic E-state index is 0.319. The van der Waals surface area contributed by atoms with Crippen LogP contribution in [0.2, 0.25) is 0 Å². The summed E-state index contributed by atoms with van der Waals surface area (Å²) in [7, 11) is 1.60. The van der Waals surface area contributed by atoms with Gasteiger partial charge in [-0.25, -0.2) is 9.67 Å². The number of rotatable bonds is 5. The molecule has 2 heterocycles. The second-order valence-corrected chi connectivity index (χ2v) is 7.59. The number of aromatic nitrogens is 3. The van der Waals surface area contributed by atoms with Gasteiger partial charge in [-0.2, -0.15) is 0 Å². The molecule has 31 heavy (non-hydrogen) atoms. The first-order valence-electron chi connectivity index (χ1n) is 9.29. The van der Waals surface area contributed by atoms with Crippen molar-refractivity contribution in [2.24, 2.45) is 0 Å². The molecule has 2 aromatic heterocycles. The van der Waals surface area contributed by atoms with Crippen LogP contribution in [0.25, 0.3) is 16.9 Å². The molecule has 0 aliphatic heterocycles. The molecule has 156 valence electrons. The highest BCUT2D eigenvalue weighted by Crippen LogP contribution is 2.33. The van der Waals surface area contributed by atoms with E-state index in [0.29, 0.717) is 27.8 Å². The first-order chi connectivity index (χ1) is 14.9. The highest BCUT2D eigenvalue weighted by molar-refractivity contribution is 7.14. The number of carbonyl (C=O) groups is 1. The van der Waals surface area contributed by atoms with Crippen molar-refractivity contribution in [1.29, 1.82) is 0 Å². The average Bonchev–Trinajstić information content (AvgIpc) is 3.23. The Balaban J connectivity index is 1.59. The van der Waals surface area contributed by atoms with Crippen LogP contribution in [0.15, 0.2) is 69.6 Å². The van der Waals surface area contributed by atoms with Gasteiger partial charge in [0, 0.05) is 28.6 Å². The number of amides is 1. The molecule has 4 aromatic rings. The normalized spacial score (nSPS) is 10.6. The zero-order valence-corrected chi connectivity index (χ0v) is 17.5. The maximum Gasteiger partial charge on any atom is 0.269 e. The molecular formula is C22H18N4O4S. The van der Waals surface area contributed by atoms with Crippen LogP contribution in [-0.2, 0) is 0 Å². The Hall–Kier alpha value is -3.98. The number of benzene rings is 2. The molecule has 9 heteroatoms. The average molecular weight is 434 g/mol. The van der Waals surface area contributed by atoms with Crippen molar-refractivity contribution in [2.45, 2.75) is 6.92 Å². The third-order valence-corrected chi connectivity index (χ3v) is 5.30. The standard InChI is InChI=1S/C22H18N4O4S/c1-13-6-7-18(30-2)16(10-13)17-12-31-22(23-17)24-21(29)14-4-3-5-15(11-14)26-20(28)9-8-19(27)25-26/h3-12H,1-2H3,(H,25,27)(H,23,24,29). The number of H-pyrrole nitrogens is 1. The van der Waals surface area contributed by atoms with Gasteiger partial charge in [0.1, 0.15) is 5.75 Å². The lowest BCUT2D eigenvalue weighted by atomic mass is 10.1. The number of aromatic amines is 1. The molecule has 0 aliphatic carbocycles. The van der Waals surface area contributed by atoms with Gasteiger partial charge in [-0.15, -0.1) is 11.3 Å². The first-order valence-corrected chi connectivity index (χ1v) is 10.2. The SMILES string of the molecule is COc1ccc(C)cc1-c1csc(NC(=O)c2cccc(-n3[nH]c(=O)ccc3=O)c2)n1. The highest BCUT2D eigenvalue weighted by atomic mass is 32.1. The fraction of sp³-hybridized carbons (Fsp3) is 0.0909. The second kappa shape index (κ2) is 8.41. The van der Waals surface area contributed by atoms with E-state index in [2.05, 4.69) is 15.4 Å². The molecule has 0 radical (unpaired) electrons. The number of nitrogens with one attached hydrogen (secondary N) is 2. The van der Waals surface area contributed by atoms with Crippen molar-refractivity contribution in [3.8, 4) is 22.7 Å². The fourth-order valence-corrected chi connectivity index (χ4v) is 3.75. The molecule has 8 nitrogen and oxygen atoms in total. The van der Waals surface area contributed by atoms with Crippen LogP contribution >= 0.6 is 11.3 Å². The van der Waals surface area contributed by atoms with Gasteiger partial charge in [0.15, 0.2) is 5.13 Å². The topological polar surface area (TPSA) is 106 Å². The second-order valence-electron chi connectivity index (χ2n) is 6.73. The molecule has 4 rings (SSSR count). The van der Waals surface area contributed by atoms with Gasteiger partial charge >= 0.3 is 0 Å². The Kier molecular flexibility index (Phi) is 5.50. The van der Waals surface area contributed by atoms with Gasteiger partial charge in [0.05, 0.1) is 18.5 Å². The molecule has 1 amide bonds. The number of ether oxygens (including phenoxy) is 1. The largest absolute Gasteiger partial charge is 0.496 e. The Bertz CT molecular complexity index is 1390. The van der Waals surface area contributed by atoms with Crippen molar-refractivity contribution in [1.82, 2.24) is 14.8 Å². The summed E-state index contributed by atoms with van der Waals surface area (Å²) in [5.41, 5.74) is 2.47. The third-order valence-electron chi connectivity index (χ3n) is 4.54. The van der Waals surface area contributed by atoms with E-state index < -0.39 is 11.1 Å². The van der Waals surface area contributed by atoms with E-state index >= 15 is 0 Å². The number of hydrogen-bond acceptors (Lipinski definition) is 6. The van der Waals surface area contributed by atoms with Gasteiger partial charge in [0.25, 0.3) is 17.0 Å². The van der Waals surface area contributed by atoms with Gasteiger partial charge in [-0.05, 0) is 37.3 Å². The van der Waals surface area contributed by atoms with Gasteiger partial charge < -0.3 is 4.74 Å². The molecule has 0 bridgehead atoms. The van der Waals surface area contributed by atoms with E-state index in [9.17, 15) is 14.4 Å². The molecule has 0 spiro atoms. The predicted octanol–water partition coefficient (Wildman–Crippen LogP) is 3.22. The molecule has 0 atom stereocenters. The fourth-order valence-electron chi connectivity index (χ4n) is 3.05. The maximum atomic E-state index is 12.7.